The molecule has 0 bridgehead atoms. The molecule has 1 aromatic rings. The highest BCUT2D eigenvalue weighted by Crippen LogP contribution is 2.32. The number of rotatable bonds is 3. The molecule has 1 fully saturated rings. The molecule has 0 amide bonds. The lowest BCUT2D eigenvalue weighted by atomic mass is 9.92. The van der Waals surface area contributed by atoms with Crippen molar-refractivity contribution in [3.63, 3.8) is 0 Å². The van der Waals surface area contributed by atoms with Crippen LogP contribution in [0.2, 0.25) is 0 Å². The molecule has 16 heavy (non-hydrogen) atoms. The summed E-state index contributed by atoms with van der Waals surface area (Å²) in [5, 5.41) is 3.61. The Labute approximate surface area is 98.7 Å². The van der Waals surface area contributed by atoms with Gasteiger partial charge in [-0.25, -0.2) is 0 Å². The van der Waals surface area contributed by atoms with E-state index >= 15 is 0 Å². The van der Waals surface area contributed by atoms with Crippen LogP contribution in [0, 0.1) is 5.92 Å². The van der Waals surface area contributed by atoms with Crippen LogP contribution in [-0.4, -0.2) is 20.6 Å². The normalized spacial score (nSPS) is 24.7. The van der Waals surface area contributed by atoms with Gasteiger partial charge in [-0.2, -0.15) is 0 Å². The number of anilines is 1. The molecule has 0 aromatic heterocycles. The highest BCUT2D eigenvalue weighted by atomic mass is 15.1. The summed E-state index contributed by atoms with van der Waals surface area (Å²) >= 11 is 0. The molecule has 0 unspecified atom stereocenters. The van der Waals surface area contributed by atoms with E-state index in [1.165, 1.54) is 30.6 Å². The predicted molar refractivity (Wildman–Crippen MR) is 69.9 cm³/mol. The summed E-state index contributed by atoms with van der Waals surface area (Å²) in [6.45, 7) is 3.46. The lowest BCUT2D eigenvalue weighted by molar-refractivity contribution is 0.449. The van der Waals surface area contributed by atoms with Crippen LogP contribution in [0.3, 0.4) is 0 Å². The predicted octanol–water partition coefficient (Wildman–Crippen LogP) is 2.81. The average Bonchev–Trinajstić information content (AvgIpc) is 2.77. The van der Waals surface area contributed by atoms with Gasteiger partial charge in [0.2, 0.25) is 0 Å². The van der Waals surface area contributed by atoms with Crippen LogP contribution in [0.25, 0.3) is 0 Å². The van der Waals surface area contributed by atoms with Gasteiger partial charge in [-0.05, 0) is 36.6 Å². The first-order valence-corrected chi connectivity index (χ1v) is 6.23. The molecule has 2 atom stereocenters. The molecule has 1 aliphatic heterocycles. The highest BCUT2D eigenvalue weighted by Gasteiger charge is 2.26. The second-order valence-corrected chi connectivity index (χ2v) is 4.87. The summed E-state index contributed by atoms with van der Waals surface area (Å²) < 4.78 is 0. The van der Waals surface area contributed by atoms with Crippen LogP contribution in [0.4, 0.5) is 5.69 Å². The molecule has 2 heteroatoms. The first-order chi connectivity index (χ1) is 7.72. The third-order valence-electron chi connectivity index (χ3n) is 3.64. The van der Waals surface area contributed by atoms with Gasteiger partial charge in [0, 0.05) is 25.8 Å². The number of nitrogens with one attached hydrogen (secondary N) is 1. The van der Waals surface area contributed by atoms with Crippen LogP contribution >= 0.6 is 0 Å². The highest BCUT2D eigenvalue weighted by molar-refractivity contribution is 5.46. The van der Waals surface area contributed by atoms with E-state index in [-0.39, 0.29) is 0 Å². The van der Waals surface area contributed by atoms with Crippen LogP contribution in [0.5, 0.6) is 0 Å². The molecule has 1 saturated heterocycles. The average molecular weight is 218 g/mol. The lowest BCUT2D eigenvalue weighted by Crippen LogP contribution is -2.17. The molecule has 0 saturated carbocycles. The lowest BCUT2D eigenvalue weighted by Gasteiger charge is -2.20. The summed E-state index contributed by atoms with van der Waals surface area (Å²) in [5.41, 5.74) is 2.71. The number of hydrogen-bond acceptors (Lipinski definition) is 2. The first kappa shape index (κ1) is 11.5. The van der Waals surface area contributed by atoms with Crippen LogP contribution in [-0.2, 0) is 0 Å². The van der Waals surface area contributed by atoms with E-state index < -0.39 is 0 Å². The van der Waals surface area contributed by atoms with Crippen molar-refractivity contribution in [2.24, 2.45) is 5.92 Å². The van der Waals surface area contributed by atoms with Crippen molar-refractivity contribution in [2.75, 3.05) is 25.5 Å². The van der Waals surface area contributed by atoms with Gasteiger partial charge in [-0.15, -0.1) is 0 Å². The van der Waals surface area contributed by atoms with E-state index in [1.54, 1.807) is 0 Å². The maximum Gasteiger partial charge on any atom is 0.0361 e. The van der Waals surface area contributed by atoms with Crippen molar-refractivity contribution >= 4 is 5.69 Å². The van der Waals surface area contributed by atoms with E-state index in [4.69, 9.17) is 0 Å². The van der Waals surface area contributed by atoms with Gasteiger partial charge < -0.3 is 10.2 Å². The smallest absolute Gasteiger partial charge is 0.0361 e. The topological polar surface area (TPSA) is 15.3 Å². The standard InChI is InChI=1S/C14H22N2/c1-4-11-9-10-15-14(11)12-5-7-13(8-6-12)16(2)3/h5-8,11,14-15H,4,9-10H2,1-3H3/t11-,14-/m0/s1. The van der Waals surface area contributed by atoms with Crippen molar-refractivity contribution in [1.29, 1.82) is 0 Å². The van der Waals surface area contributed by atoms with Crippen molar-refractivity contribution in [3.05, 3.63) is 29.8 Å². The third kappa shape index (κ3) is 2.22. The zero-order valence-corrected chi connectivity index (χ0v) is 10.5. The molecule has 1 aromatic carbocycles. The minimum atomic E-state index is 0.571. The van der Waals surface area contributed by atoms with Crippen molar-refractivity contribution in [3.8, 4) is 0 Å². The molecule has 0 radical (unpaired) electrons. The van der Waals surface area contributed by atoms with Crippen molar-refractivity contribution in [2.45, 2.75) is 25.8 Å². The molecule has 1 N–H and O–H groups in total. The van der Waals surface area contributed by atoms with Gasteiger partial charge in [0.1, 0.15) is 0 Å². The molecule has 2 nitrogen and oxygen atoms in total. The maximum absolute atomic E-state index is 3.61. The molecular weight excluding hydrogens is 196 g/mol. The summed E-state index contributed by atoms with van der Waals surface area (Å²) in [6.07, 6.45) is 2.59. The van der Waals surface area contributed by atoms with Gasteiger partial charge >= 0.3 is 0 Å². The summed E-state index contributed by atoms with van der Waals surface area (Å²) in [5.74, 6) is 0.810. The Morgan fingerprint density at radius 3 is 2.50 bits per heavy atom. The maximum atomic E-state index is 3.61. The number of nitrogens with zero attached hydrogens (tertiary/aromatic N) is 1. The Morgan fingerprint density at radius 1 is 1.25 bits per heavy atom. The zero-order valence-electron chi connectivity index (χ0n) is 10.5. The SMILES string of the molecule is CC[C@H]1CCN[C@@H]1c1ccc(N(C)C)cc1. The molecule has 2 rings (SSSR count). The quantitative estimate of drug-likeness (QED) is 0.839. The van der Waals surface area contributed by atoms with E-state index in [2.05, 4.69) is 55.5 Å². The van der Waals surface area contributed by atoms with Gasteiger partial charge in [-0.1, -0.05) is 25.5 Å². The van der Waals surface area contributed by atoms with Crippen molar-refractivity contribution < 1.29 is 0 Å². The fraction of sp³-hybridized carbons (Fsp3) is 0.571. The summed E-state index contributed by atoms with van der Waals surface area (Å²) in [4.78, 5) is 2.14. The summed E-state index contributed by atoms with van der Waals surface area (Å²) in [7, 11) is 4.16. The number of hydrogen-bond donors (Lipinski definition) is 1. The summed E-state index contributed by atoms with van der Waals surface area (Å²) in [6, 6.07) is 9.52. The van der Waals surface area contributed by atoms with Gasteiger partial charge in [-0.3, -0.25) is 0 Å². The second-order valence-electron chi connectivity index (χ2n) is 4.87. The van der Waals surface area contributed by atoms with Gasteiger partial charge in [0.25, 0.3) is 0 Å². The first-order valence-electron chi connectivity index (χ1n) is 6.23. The fourth-order valence-corrected chi connectivity index (χ4v) is 2.57. The Balaban J connectivity index is 2.15. The molecule has 0 aliphatic carbocycles. The second kappa shape index (κ2) is 4.88. The molecule has 88 valence electrons. The Morgan fingerprint density at radius 2 is 1.94 bits per heavy atom. The van der Waals surface area contributed by atoms with Crippen LogP contribution in [0.15, 0.2) is 24.3 Å². The Bertz CT molecular complexity index is 329. The van der Waals surface area contributed by atoms with Crippen LogP contribution < -0.4 is 10.2 Å². The Hall–Kier alpha value is -1.02. The fourth-order valence-electron chi connectivity index (χ4n) is 2.57. The zero-order chi connectivity index (χ0) is 11.5. The molecule has 1 heterocycles. The van der Waals surface area contributed by atoms with Gasteiger partial charge in [0.05, 0.1) is 0 Å². The minimum absolute atomic E-state index is 0.571. The van der Waals surface area contributed by atoms with Crippen molar-refractivity contribution in [1.82, 2.24) is 5.32 Å². The van der Waals surface area contributed by atoms with Crippen LogP contribution in [0.1, 0.15) is 31.4 Å². The van der Waals surface area contributed by atoms with E-state index in [0.717, 1.165) is 5.92 Å². The van der Waals surface area contributed by atoms with E-state index in [1.807, 2.05) is 0 Å². The molecule has 1 aliphatic rings. The largest absolute Gasteiger partial charge is 0.378 e. The van der Waals surface area contributed by atoms with E-state index in [0.29, 0.717) is 6.04 Å². The molecule has 0 spiro atoms. The van der Waals surface area contributed by atoms with Gasteiger partial charge in [0.15, 0.2) is 0 Å². The molecular formula is C14H22N2. The minimum Gasteiger partial charge on any atom is -0.378 e. The van der Waals surface area contributed by atoms with E-state index in [9.17, 15) is 0 Å². The Kier molecular flexibility index (Phi) is 3.49. The number of benzene rings is 1. The third-order valence-corrected chi connectivity index (χ3v) is 3.64. The monoisotopic (exact) mass is 218 g/mol.